The average molecular weight is 290 g/mol. The molecular formula is C19H18N2O. The van der Waals surface area contributed by atoms with E-state index in [9.17, 15) is 4.79 Å². The van der Waals surface area contributed by atoms with Gasteiger partial charge in [0.2, 0.25) is 5.91 Å². The van der Waals surface area contributed by atoms with Crippen LogP contribution in [0.4, 0.5) is 0 Å². The second kappa shape index (κ2) is 4.47. The zero-order valence-electron chi connectivity index (χ0n) is 12.5. The SMILES string of the molecule is Cn1cc(C2(c3ccccc3C(N)=O)CC2)c2ccccc21. The fourth-order valence-corrected chi connectivity index (χ4v) is 3.65. The fourth-order valence-electron chi connectivity index (χ4n) is 3.65. The second-order valence-corrected chi connectivity index (χ2v) is 6.16. The van der Waals surface area contributed by atoms with Gasteiger partial charge in [-0.3, -0.25) is 4.79 Å². The Hall–Kier alpha value is -2.55. The van der Waals surface area contributed by atoms with Crippen LogP contribution in [-0.2, 0) is 12.5 Å². The van der Waals surface area contributed by atoms with Gasteiger partial charge in [0.05, 0.1) is 0 Å². The summed E-state index contributed by atoms with van der Waals surface area (Å²) in [6.07, 6.45) is 4.33. The highest BCUT2D eigenvalue weighted by Gasteiger charge is 2.49. The Morgan fingerprint density at radius 1 is 1.05 bits per heavy atom. The number of aromatic nitrogens is 1. The molecular weight excluding hydrogens is 272 g/mol. The molecule has 2 N–H and O–H groups in total. The summed E-state index contributed by atoms with van der Waals surface area (Å²) in [5.74, 6) is -0.345. The normalized spacial score (nSPS) is 15.9. The molecule has 3 heteroatoms. The van der Waals surface area contributed by atoms with Crippen molar-refractivity contribution < 1.29 is 4.79 Å². The molecule has 1 aromatic heterocycles. The van der Waals surface area contributed by atoms with Crippen LogP contribution in [0.1, 0.15) is 34.3 Å². The predicted octanol–water partition coefficient (Wildman–Crippen LogP) is 3.36. The van der Waals surface area contributed by atoms with E-state index in [1.807, 2.05) is 18.2 Å². The number of carbonyl (C=O) groups is 1. The Morgan fingerprint density at radius 2 is 1.73 bits per heavy atom. The third-order valence-electron chi connectivity index (χ3n) is 4.87. The minimum atomic E-state index is -0.345. The van der Waals surface area contributed by atoms with Crippen molar-refractivity contribution in [3.05, 3.63) is 71.4 Å². The average Bonchev–Trinajstić information content (AvgIpc) is 3.27. The number of nitrogens with zero attached hydrogens (tertiary/aromatic N) is 1. The van der Waals surface area contributed by atoms with E-state index in [1.165, 1.54) is 16.5 Å². The van der Waals surface area contributed by atoms with E-state index in [2.05, 4.69) is 48.1 Å². The number of fused-ring (bicyclic) bond motifs is 1. The molecule has 1 saturated carbocycles. The molecule has 0 unspecified atom stereocenters. The smallest absolute Gasteiger partial charge is 0.249 e. The van der Waals surface area contributed by atoms with Gasteiger partial charge in [-0.25, -0.2) is 0 Å². The topological polar surface area (TPSA) is 48.0 Å². The number of hydrogen-bond acceptors (Lipinski definition) is 1. The zero-order chi connectivity index (χ0) is 15.3. The van der Waals surface area contributed by atoms with Gasteiger partial charge in [-0.1, -0.05) is 36.4 Å². The highest BCUT2D eigenvalue weighted by molar-refractivity contribution is 5.96. The number of carbonyl (C=O) groups excluding carboxylic acids is 1. The molecule has 0 atom stereocenters. The van der Waals surface area contributed by atoms with Gasteiger partial charge in [0, 0.05) is 35.1 Å². The molecule has 0 saturated heterocycles. The molecule has 3 aromatic rings. The summed E-state index contributed by atoms with van der Waals surface area (Å²) in [7, 11) is 2.07. The van der Waals surface area contributed by atoms with Crippen molar-refractivity contribution in [2.75, 3.05) is 0 Å². The van der Waals surface area contributed by atoms with E-state index in [0.717, 1.165) is 18.4 Å². The van der Waals surface area contributed by atoms with Gasteiger partial charge < -0.3 is 10.3 Å². The number of hydrogen-bond donors (Lipinski definition) is 1. The highest BCUT2D eigenvalue weighted by atomic mass is 16.1. The Labute approximate surface area is 129 Å². The van der Waals surface area contributed by atoms with Crippen LogP contribution in [-0.4, -0.2) is 10.5 Å². The summed E-state index contributed by atoms with van der Waals surface area (Å²) in [6, 6.07) is 16.2. The lowest BCUT2D eigenvalue weighted by Crippen LogP contribution is -2.19. The van der Waals surface area contributed by atoms with Crippen LogP contribution < -0.4 is 5.73 Å². The van der Waals surface area contributed by atoms with Crippen molar-refractivity contribution in [3.8, 4) is 0 Å². The molecule has 2 aromatic carbocycles. The van der Waals surface area contributed by atoms with Crippen molar-refractivity contribution in [2.24, 2.45) is 12.8 Å². The summed E-state index contributed by atoms with van der Waals surface area (Å²) >= 11 is 0. The van der Waals surface area contributed by atoms with Crippen LogP contribution >= 0.6 is 0 Å². The first-order valence-electron chi connectivity index (χ1n) is 7.57. The van der Waals surface area contributed by atoms with Crippen LogP contribution in [0.2, 0.25) is 0 Å². The quantitative estimate of drug-likeness (QED) is 0.790. The maximum Gasteiger partial charge on any atom is 0.249 e. The van der Waals surface area contributed by atoms with Gasteiger partial charge in [-0.15, -0.1) is 0 Å². The number of para-hydroxylation sites is 1. The number of aryl methyl sites for hydroxylation is 1. The van der Waals surface area contributed by atoms with Crippen LogP contribution in [0, 0.1) is 0 Å². The largest absolute Gasteiger partial charge is 0.366 e. The van der Waals surface area contributed by atoms with E-state index in [-0.39, 0.29) is 11.3 Å². The third-order valence-corrected chi connectivity index (χ3v) is 4.87. The fraction of sp³-hybridized carbons (Fsp3) is 0.211. The Kier molecular flexibility index (Phi) is 2.67. The lowest BCUT2D eigenvalue weighted by atomic mass is 9.84. The second-order valence-electron chi connectivity index (χ2n) is 6.16. The molecule has 0 bridgehead atoms. The summed E-state index contributed by atoms with van der Waals surface area (Å²) < 4.78 is 2.16. The summed E-state index contributed by atoms with van der Waals surface area (Å²) in [5.41, 5.74) is 9.77. The molecule has 1 aliphatic rings. The number of amides is 1. The van der Waals surface area contributed by atoms with E-state index >= 15 is 0 Å². The van der Waals surface area contributed by atoms with Crippen LogP contribution in [0.3, 0.4) is 0 Å². The van der Waals surface area contributed by atoms with Crippen LogP contribution in [0.25, 0.3) is 10.9 Å². The molecule has 4 rings (SSSR count). The molecule has 1 heterocycles. The number of primary amides is 1. The highest BCUT2D eigenvalue weighted by Crippen LogP contribution is 2.56. The maximum absolute atomic E-state index is 11.8. The molecule has 0 aliphatic heterocycles. The first-order chi connectivity index (χ1) is 10.6. The molecule has 1 fully saturated rings. The molecule has 22 heavy (non-hydrogen) atoms. The van der Waals surface area contributed by atoms with E-state index in [4.69, 9.17) is 5.73 Å². The van der Waals surface area contributed by atoms with E-state index in [0.29, 0.717) is 5.56 Å². The van der Waals surface area contributed by atoms with Crippen molar-refractivity contribution in [3.63, 3.8) is 0 Å². The Morgan fingerprint density at radius 3 is 2.45 bits per heavy atom. The zero-order valence-corrected chi connectivity index (χ0v) is 12.5. The van der Waals surface area contributed by atoms with Crippen LogP contribution in [0.5, 0.6) is 0 Å². The molecule has 0 spiro atoms. The minimum absolute atomic E-state index is 0.0630. The van der Waals surface area contributed by atoms with Crippen LogP contribution in [0.15, 0.2) is 54.7 Å². The van der Waals surface area contributed by atoms with Crippen molar-refractivity contribution in [2.45, 2.75) is 18.3 Å². The van der Waals surface area contributed by atoms with Gasteiger partial charge in [0.25, 0.3) is 0 Å². The molecule has 1 amide bonds. The summed E-state index contributed by atoms with van der Waals surface area (Å²) in [5, 5.41) is 1.27. The number of benzene rings is 2. The molecule has 0 radical (unpaired) electrons. The predicted molar refractivity (Wildman–Crippen MR) is 87.9 cm³/mol. The van der Waals surface area contributed by atoms with Gasteiger partial charge in [-0.2, -0.15) is 0 Å². The number of nitrogens with two attached hydrogens (primary N) is 1. The van der Waals surface area contributed by atoms with Crippen molar-refractivity contribution >= 4 is 16.8 Å². The first-order valence-corrected chi connectivity index (χ1v) is 7.57. The lowest BCUT2D eigenvalue weighted by Gasteiger charge is -2.18. The Bertz CT molecular complexity index is 887. The van der Waals surface area contributed by atoms with Gasteiger partial charge in [0.1, 0.15) is 0 Å². The molecule has 110 valence electrons. The number of rotatable bonds is 3. The monoisotopic (exact) mass is 290 g/mol. The van der Waals surface area contributed by atoms with Gasteiger partial charge >= 0.3 is 0 Å². The molecule has 3 nitrogen and oxygen atoms in total. The third kappa shape index (κ3) is 1.72. The lowest BCUT2D eigenvalue weighted by molar-refractivity contribution is 0.0999. The van der Waals surface area contributed by atoms with Gasteiger partial charge in [-0.05, 0) is 36.1 Å². The summed E-state index contributed by atoms with van der Waals surface area (Å²) in [4.78, 5) is 11.8. The van der Waals surface area contributed by atoms with Crippen molar-refractivity contribution in [1.29, 1.82) is 0 Å². The minimum Gasteiger partial charge on any atom is -0.366 e. The Balaban J connectivity index is 1.97. The standard InChI is InChI=1S/C19H18N2O/c1-21-12-16(13-6-3-5-9-17(13)21)19(10-11-19)15-8-4-2-7-14(15)18(20)22/h2-9,12H,10-11H2,1H3,(H2,20,22). The first kappa shape index (κ1) is 13.1. The molecule has 1 aliphatic carbocycles. The summed E-state index contributed by atoms with van der Waals surface area (Å²) in [6.45, 7) is 0. The van der Waals surface area contributed by atoms with E-state index in [1.54, 1.807) is 0 Å². The van der Waals surface area contributed by atoms with Crippen molar-refractivity contribution in [1.82, 2.24) is 4.57 Å². The van der Waals surface area contributed by atoms with Gasteiger partial charge in [0.15, 0.2) is 0 Å². The maximum atomic E-state index is 11.8. The van der Waals surface area contributed by atoms with E-state index < -0.39 is 0 Å².